The van der Waals surface area contributed by atoms with Crippen LogP contribution in [0.15, 0.2) is 65.7 Å². The van der Waals surface area contributed by atoms with E-state index in [4.69, 9.17) is 14.2 Å². The van der Waals surface area contributed by atoms with Crippen LogP contribution in [0.3, 0.4) is 0 Å². The Kier molecular flexibility index (Phi) is 9.05. The number of piperazine rings is 1. The van der Waals surface area contributed by atoms with Crippen molar-refractivity contribution in [3.05, 3.63) is 77.5 Å². The maximum absolute atomic E-state index is 14.9. The Morgan fingerprint density at radius 2 is 1.79 bits per heavy atom. The highest BCUT2D eigenvalue weighted by atomic mass is 32.2. The summed E-state index contributed by atoms with van der Waals surface area (Å²) < 4.78 is 46.4. The number of piperidine rings is 1. The topological polar surface area (TPSA) is 154 Å². The third-order valence-corrected chi connectivity index (χ3v) is 10.6. The number of aromatic nitrogens is 1. The zero-order valence-electron chi connectivity index (χ0n) is 26.2. The van der Waals surface area contributed by atoms with Crippen molar-refractivity contribution in [2.45, 2.75) is 36.3 Å². The van der Waals surface area contributed by atoms with E-state index in [1.807, 2.05) is 0 Å². The normalized spacial score (nSPS) is 20.4. The van der Waals surface area contributed by atoms with Gasteiger partial charge >= 0.3 is 6.09 Å². The molecular formula is C33H36N6O7S. The quantitative estimate of drug-likeness (QED) is 0.379. The standard InChI is InChI=1S/C33H36N6O7S/c1-3-45-30-27(5-4-14-36-30)33(46-32(41)38-17-12-24(13-18-38)37-19-15-35-16-20-37)28-21-23(22-34)6-11-29(28)39(31(33)40)47(42,43)26-9-7-25(44-2)8-10-26/h4-11,14,21,24,35H,3,12-13,15-20H2,1-2H3. The number of nitrogens with one attached hydrogen (secondary N) is 1. The number of nitriles is 1. The van der Waals surface area contributed by atoms with Crippen LogP contribution in [0, 0.1) is 11.3 Å². The minimum atomic E-state index is -4.56. The molecule has 13 nitrogen and oxygen atoms in total. The Morgan fingerprint density at radius 1 is 1.06 bits per heavy atom. The van der Waals surface area contributed by atoms with Crippen LogP contribution >= 0.6 is 0 Å². The van der Waals surface area contributed by atoms with Gasteiger partial charge in [0.1, 0.15) is 5.75 Å². The highest BCUT2D eigenvalue weighted by Crippen LogP contribution is 2.51. The lowest BCUT2D eigenvalue weighted by Gasteiger charge is -2.40. The molecule has 47 heavy (non-hydrogen) atoms. The van der Waals surface area contributed by atoms with Crippen molar-refractivity contribution >= 4 is 27.7 Å². The van der Waals surface area contributed by atoms with E-state index in [9.17, 15) is 23.3 Å². The van der Waals surface area contributed by atoms with E-state index >= 15 is 0 Å². The molecule has 3 aliphatic rings. The van der Waals surface area contributed by atoms with E-state index in [-0.39, 0.29) is 39.8 Å². The van der Waals surface area contributed by atoms with Crippen molar-refractivity contribution in [3.8, 4) is 17.7 Å². The zero-order chi connectivity index (χ0) is 33.2. The molecule has 2 aromatic carbocycles. The van der Waals surface area contributed by atoms with Crippen molar-refractivity contribution in [1.29, 1.82) is 5.26 Å². The second kappa shape index (κ2) is 13.2. The van der Waals surface area contributed by atoms with E-state index in [2.05, 4.69) is 21.3 Å². The first kappa shape index (κ1) is 32.2. The van der Waals surface area contributed by atoms with Crippen molar-refractivity contribution in [1.82, 2.24) is 20.1 Å². The number of likely N-dealkylation sites (tertiary alicyclic amines) is 1. The molecule has 0 saturated carbocycles. The predicted molar refractivity (Wildman–Crippen MR) is 171 cm³/mol. The first-order chi connectivity index (χ1) is 22.7. The highest BCUT2D eigenvalue weighted by molar-refractivity contribution is 7.93. The van der Waals surface area contributed by atoms with Gasteiger partial charge in [-0.2, -0.15) is 9.57 Å². The molecule has 2 fully saturated rings. The molecule has 6 rings (SSSR count). The molecule has 1 N–H and O–H groups in total. The second-order valence-corrected chi connectivity index (χ2v) is 13.2. The number of hydrogen-bond acceptors (Lipinski definition) is 11. The van der Waals surface area contributed by atoms with Crippen LogP contribution in [0.4, 0.5) is 10.5 Å². The molecule has 4 heterocycles. The second-order valence-electron chi connectivity index (χ2n) is 11.4. The highest BCUT2D eigenvalue weighted by Gasteiger charge is 2.61. The number of benzene rings is 2. The van der Waals surface area contributed by atoms with Gasteiger partial charge in [0.2, 0.25) is 5.88 Å². The monoisotopic (exact) mass is 660 g/mol. The number of anilines is 1. The third-order valence-electron chi connectivity index (χ3n) is 8.87. The lowest BCUT2D eigenvalue weighted by atomic mass is 9.87. The largest absolute Gasteiger partial charge is 0.497 e. The van der Waals surface area contributed by atoms with E-state index in [1.54, 1.807) is 17.9 Å². The number of rotatable bonds is 8. The van der Waals surface area contributed by atoms with Crippen LogP contribution in [0.2, 0.25) is 0 Å². The van der Waals surface area contributed by atoms with Gasteiger partial charge in [-0.15, -0.1) is 0 Å². The van der Waals surface area contributed by atoms with Gasteiger partial charge in [-0.1, -0.05) is 0 Å². The molecule has 246 valence electrons. The van der Waals surface area contributed by atoms with E-state index in [0.717, 1.165) is 39.0 Å². The lowest BCUT2D eigenvalue weighted by Crippen LogP contribution is -2.54. The molecule has 1 unspecified atom stereocenters. The summed E-state index contributed by atoms with van der Waals surface area (Å²) in [4.78, 5) is 37.1. The first-order valence-electron chi connectivity index (χ1n) is 15.5. The van der Waals surface area contributed by atoms with Crippen molar-refractivity contribution in [2.24, 2.45) is 0 Å². The maximum Gasteiger partial charge on any atom is 0.411 e. The fourth-order valence-corrected chi connectivity index (χ4v) is 7.96. The number of hydrogen-bond donors (Lipinski definition) is 1. The minimum Gasteiger partial charge on any atom is -0.497 e. The van der Waals surface area contributed by atoms with E-state index in [0.29, 0.717) is 29.2 Å². The Morgan fingerprint density at radius 3 is 2.45 bits per heavy atom. The van der Waals surface area contributed by atoms with Gasteiger partial charge in [0.05, 0.1) is 41.5 Å². The molecule has 3 aliphatic heterocycles. The van der Waals surface area contributed by atoms with Crippen LogP contribution in [0.25, 0.3) is 0 Å². The summed E-state index contributed by atoms with van der Waals surface area (Å²) >= 11 is 0. The Hall–Kier alpha value is -4.71. The third kappa shape index (κ3) is 5.75. The van der Waals surface area contributed by atoms with Crippen LogP contribution in [0.5, 0.6) is 11.6 Å². The lowest BCUT2D eigenvalue weighted by molar-refractivity contribution is -0.132. The van der Waals surface area contributed by atoms with Crippen molar-refractivity contribution in [3.63, 3.8) is 0 Å². The Balaban J connectivity index is 1.45. The summed E-state index contributed by atoms with van der Waals surface area (Å²) in [6.07, 6.45) is 2.11. The SMILES string of the molecule is CCOc1ncccc1C1(OC(=O)N2CCC(N3CCNCC3)CC2)C(=O)N(S(=O)(=O)c2ccc(OC)cc2)c2ccc(C#N)cc21. The van der Waals surface area contributed by atoms with Crippen molar-refractivity contribution < 1.29 is 32.2 Å². The molecule has 0 bridgehead atoms. The average molecular weight is 661 g/mol. The van der Waals surface area contributed by atoms with Crippen LogP contribution in [-0.2, 0) is 25.2 Å². The average Bonchev–Trinajstić information content (AvgIpc) is 3.36. The molecular weight excluding hydrogens is 624 g/mol. The molecule has 3 aromatic rings. The summed E-state index contributed by atoms with van der Waals surface area (Å²) in [7, 11) is -3.11. The number of carbonyl (C=O) groups excluding carboxylic acids is 2. The number of sulfonamides is 1. The van der Waals surface area contributed by atoms with Crippen molar-refractivity contribution in [2.75, 3.05) is 57.3 Å². The molecule has 2 amide bonds. The van der Waals surface area contributed by atoms with Crippen LogP contribution < -0.4 is 19.1 Å². The molecule has 0 radical (unpaired) electrons. The Bertz CT molecular complexity index is 1800. The fourth-order valence-electron chi connectivity index (χ4n) is 6.50. The molecule has 0 aliphatic carbocycles. The molecule has 1 atom stereocenters. The maximum atomic E-state index is 14.9. The van der Waals surface area contributed by atoms with E-state index in [1.165, 1.54) is 61.8 Å². The molecule has 14 heteroatoms. The van der Waals surface area contributed by atoms with Gasteiger partial charge in [0.25, 0.3) is 21.5 Å². The number of methoxy groups -OCH3 is 1. The summed E-state index contributed by atoms with van der Waals surface area (Å²) in [6, 6.07) is 15.2. The van der Waals surface area contributed by atoms with Crippen LogP contribution in [-0.4, -0.2) is 94.2 Å². The summed E-state index contributed by atoms with van der Waals surface area (Å²) in [5.41, 5.74) is -2.20. The summed E-state index contributed by atoms with van der Waals surface area (Å²) in [5, 5.41) is 13.2. The first-order valence-corrected chi connectivity index (χ1v) is 17.0. The van der Waals surface area contributed by atoms with Gasteiger partial charge in [-0.25, -0.2) is 18.2 Å². The number of nitrogens with zero attached hydrogens (tertiary/aromatic N) is 5. The van der Waals surface area contributed by atoms with Gasteiger partial charge < -0.3 is 24.4 Å². The number of pyridine rings is 1. The smallest absolute Gasteiger partial charge is 0.411 e. The molecule has 2 saturated heterocycles. The number of carbonyl (C=O) groups is 2. The molecule has 0 spiro atoms. The van der Waals surface area contributed by atoms with Gasteiger partial charge in [-0.3, -0.25) is 9.69 Å². The number of fused-ring (bicyclic) bond motifs is 1. The van der Waals surface area contributed by atoms with E-state index < -0.39 is 27.6 Å². The summed E-state index contributed by atoms with van der Waals surface area (Å²) in [6.45, 7) is 6.39. The van der Waals surface area contributed by atoms with Crippen LogP contribution in [0.1, 0.15) is 36.5 Å². The minimum absolute atomic E-state index is 0.00873. The summed E-state index contributed by atoms with van der Waals surface area (Å²) in [5.74, 6) is -0.640. The number of amides is 2. The Labute approximate surface area is 273 Å². The van der Waals surface area contributed by atoms with Gasteiger partial charge in [-0.05, 0) is 74.4 Å². The number of ether oxygens (including phenoxy) is 3. The van der Waals surface area contributed by atoms with Gasteiger partial charge in [0.15, 0.2) is 0 Å². The fraction of sp³-hybridized carbons (Fsp3) is 0.394. The van der Waals surface area contributed by atoms with Gasteiger partial charge in [0, 0.05) is 57.1 Å². The molecule has 1 aromatic heterocycles. The predicted octanol–water partition coefficient (Wildman–Crippen LogP) is 2.85. The zero-order valence-corrected chi connectivity index (χ0v) is 27.0.